The van der Waals surface area contributed by atoms with Crippen LogP contribution in [0.1, 0.15) is 12.0 Å². The molecule has 0 radical (unpaired) electrons. The van der Waals surface area contributed by atoms with Gasteiger partial charge in [0.2, 0.25) is 5.91 Å². The number of nitrogens with zero attached hydrogens (tertiary/aromatic N) is 2. The molecule has 178 valence electrons. The number of hydrogen-bond donors (Lipinski definition) is 2. The van der Waals surface area contributed by atoms with Crippen molar-refractivity contribution < 1.29 is 18.7 Å². The summed E-state index contributed by atoms with van der Waals surface area (Å²) in [6.07, 6.45) is 6.77. The summed E-state index contributed by atoms with van der Waals surface area (Å²) in [6, 6.07) is 14.0. The lowest BCUT2D eigenvalue weighted by Gasteiger charge is -2.24. The standard InChI is InChI=1S/C26H23FN4O4/c1-3-17-7-9-18(10-8-17)29-26(34)31-16-20(35-2)15-23(31)25(33)28-19-11-12-22(21(27)14-19)30-13-5-4-6-24(30)32/h1,4-14,20,23H,15-16H2,2H3,(H,28,33)(H,29,34)/t20-,23-/m1/s1. The van der Waals surface area contributed by atoms with Crippen LogP contribution < -0.4 is 16.2 Å². The van der Waals surface area contributed by atoms with Crippen molar-refractivity contribution in [3.05, 3.63) is 88.6 Å². The summed E-state index contributed by atoms with van der Waals surface area (Å²) < 4.78 is 21.3. The molecule has 2 heterocycles. The van der Waals surface area contributed by atoms with Crippen LogP contribution in [0, 0.1) is 18.2 Å². The van der Waals surface area contributed by atoms with Gasteiger partial charge in [0.15, 0.2) is 0 Å². The molecule has 1 aromatic heterocycles. The predicted molar refractivity (Wildman–Crippen MR) is 130 cm³/mol. The van der Waals surface area contributed by atoms with Crippen molar-refractivity contribution in [2.75, 3.05) is 24.3 Å². The summed E-state index contributed by atoms with van der Waals surface area (Å²) in [5, 5.41) is 5.42. The first-order valence-electron chi connectivity index (χ1n) is 10.8. The Hall–Kier alpha value is -4.42. The van der Waals surface area contributed by atoms with Crippen LogP contribution in [-0.2, 0) is 9.53 Å². The molecule has 8 nitrogen and oxygen atoms in total. The van der Waals surface area contributed by atoms with Crippen LogP contribution in [0.3, 0.4) is 0 Å². The fourth-order valence-corrected chi connectivity index (χ4v) is 3.92. The zero-order valence-corrected chi connectivity index (χ0v) is 18.9. The summed E-state index contributed by atoms with van der Waals surface area (Å²) in [5.41, 5.74) is 1.09. The Labute approximate surface area is 201 Å². The molecule has 2 atom stereocenters. The number of ether oxygens (including phenoxy) is 1. The molecule has 0 saturated carbocycles. The fourth-order valence-electron chi connectivity index (χ4n) is 3.92. The Morgan fingerprint density at radius 2 is 1.83 bits per heavy atom. The van der Waals surface area contributed by atoms with E-state index in [1.807, 2.05) is 0 Å². The third-order valence-corrected chi connectivity index (χ3v) is 5.76. The number of likely N-dealkylation sites (tertiary alicyclic amines) is 1. The molecule has 0 bridgehead atoms. The van der Waals surface area contributed by atoms with Gasteiger partial charge in [0.1, 0.15) is 11.9 Å². The van der Waals surface area contributed by atoms with Crippen molar-refractivity contribution in [3.8, 4) is 18.0 Å². The molecule has 1 aliphatic rings. The second kappa shape index (κ2) is 10.2. The highest BCUT2D eigenvalue weighted by Gasteiger charge is 2.40. The Morgan fingerprint density at radius 3 is 2.49 bits per heavy atom. The molecule has 0 aliphatic carbocycles. The molecule has 0 spiro atoms. The number of rotatable bonds is 5. The number of pyridine rings is 1. The minimum atomic E-state index is -0.829. The highest BCUT2D eigenvalue weighted by atomic mass is 19.1. The van der Waals surface area contributed by atoms with Gasteiger partial charge in [-0.3, -0.25) is 14.2 Å². The van der Waals surface area contributed by atoms with E-state index in [4.69, 9.17) is 11.2 Å². The second-order valence-corrected chi connectivity index (χ2v) is 7.98. The maximum Gasteiger partial charge on any atom is 0.322 e. The Kier molecular flexibility index (Phi) is 6.94. The molecule has 9 heteroatoms. The molecular weight excluding hydrogens is 451 g/mol. The van der Waals surface area contributed by atoms with E-state index >= 15 is 0 Å². The molecule has 2 aromatic carbocycles. The van der Waals surface area contributed by atoms with E-state index in [0.29, 0.717) is 11.3 Å². The average Bonchev–Trinajstić information content (AvgIpc) is 3.30. The summed E-state index contributed by atoms with van der Waals surface area (Å²) in [6.45, 7) is 0.215. The number of halogens is 1. The number of nitrogens with one attached hydrogen (secondary N) is 2. The largest absolute Gasteiger partial charge is 0.380 e. The molecule has 35 heavy (non-hydrogen) atoms. The van der Waals surface area contributed by atoms with Crippen LogP contribution in [0.25, 0.3) is 5.69 Å². The van der Waals surface area contributed by atoms with Crippen molar-refractivity contribution >= 4 is 23.3 Å². The lowest BCUT2D eigenvalue weighted by molar-refractivity contribution is -0.119. The minimum absolute atomic E-state index is 0.0609. The summed E-state index contributed by atoms with van der Waals surface area (Å²) >= 11 is 0. The van der Waals surface area contributed by atoms with Gasteiger partial charge in [-0.05, 0) is 48.5 Å². The smallest absolute Gasteiger partial charge is 0.322 e. The van der Waals surface area contributed by atoms with Crippen LogP contribution in [-0.4, -0.2) is 47.2 Å². The number of urea groups is 1. The Morgan fingerprint density at radius 1 is 1.09 bits per heavy atom. The quantitative estimate of drug-likeness (QED) is 0.556. The van der Waals surface area contributed by atoms with Crippen LogP contribution in [0.15, 0.2) is 71.7 Å². The molecule has 1 aliphatic heterocycles. The van der Waals surface area contributed by atoms with Gasteiger partial charge in [-0.15, -0.1) is 6.42 Å². The van der Waals surface area contributed by atoms with E-state index in [1.165, 1.54) is 41.0 Å². The van der Waals surface area contributed by atoms with Gasteiger partial charge in [-0.25, -0.2) is 9.18 Å². The number of amides is 3. The van der Waals surface area contributed by atoms with Gasteiger partial charge in [0, 0.05) is 49.3 Å². The Bertz CT molecular complexity index is 1350. The lowest BCUT2D eigenvalue weighted by atomic mass is 10.1. The van der Waals surface area contributed by atoms with Crippen LogP contribution in [0.4, 0.5) is 20.6 Å². The molecular formula is C26H23FN4O4. The summed E-state index contributed by atoms with van der Waals surface area (Å²) in [7, 11) is 1.51. The number of terminal acetylenes is 1. The van der Waals surface area contributed by atoms with Crippen LogP contribution in [0.2, 0.25) is 0 Å². The maximum atomic E-state index is 14.7. The van der Waals surface area contributed by atoms with E-state index < -0.39 is 23.8 Å². The van der Waals surface area contributed by atoms with Crippen molar-refractivity contribution in [1.82, 2.24) is 9.47 Å². The topological polar surface area (TPSA) is 92.7 Å². The van der Waals surface area contributed by atoms with Crippen LogP contribution >= 0.6 is 0 Å². The summed E-state index contributed by atoms with van der Waals surface area (Å²) in [4.78, 5) is 39.4. The van der Waals surface area contributed by atoms with E-state index in [2.05, 4.69) is 16.6 Å². The number of hydrogen-bond acceptors (Lipinski definition) is 4. The highest BCUT2D eigenvalue weighted by molar-refractivity contribution is 5.99. The SMILES string of the molecule is C#Cc1ccc(NC(=O)N2C[C@H](OC)C[C@@H]2C(=O)Nc2ccc(-n3ccccc3=O)c(F)c2)cc1. The monoisotopic (exact) mass is 474 g/mol. The number of anilines is 2. The molecule has 1 fully saturated rings. The van der Waals surface area contributed by atoms with Gasteiger partial charge in [-0.1, -0.05) is 12.0 Å². The first-order chi connectivity index (χ1) is 16.9. The third-order valence-electron chi connectivity index (χ3n) is 5.76. The zero-order valence-electron chi connectivity index (χ0n) is 18.9. The normalized spacial score (nSPS) is 17.0. The Balaban J connectivity index is 1.49. The molecule has 1 saturated heterocycles. The second-order valence-electron chi connectivity index (χ2n) is 7.98. The summed E-state index contributed by atoms with van der Waals surface area (Å²) in [5.74, 6) is 1.35. The number of benzene rings is 2. The van der Waals surface area contributed by atoms with E-state index in [1.54, 1.807) is 36.4 Å². The van der Waals surface area contributed by atoms with Gasteiger partial charge in [-0.2, -0.15) is 0 Å². The van der Waals surface area contributed by atoms with Gasteiger partial charge in [0.25, 0.3) is 5.56 Å². The fraction of sp³-hybridized carbons (Fsp3) is 0.192. The molecule has 2 N–H and O–H groups in total. The van der Waals surface area contributed by atoms with Crippen molar-refractivity contribution in [2.45, 2.75) is 18.6 Å². The third kappa shape index (κ3) is 5.23. The van der Waals surface area contributed by atoms with E-state index in [0.717, 1.165) is 6.07 Å². The number of aromatic nitrogens is 1. The van der Waals surface area contributed by atoms with Gasteiger partial charge < -0.3 is 20.3 Å². The number of carbonyl (C=O) groups excluding carboxylic acids is 2. The van der Waals surface area contributed by atoms with Crippen molar-refractivity contribution in [3.63, 3.8) is 0 Å². The number of carbonyl (C=O) groups is 2. The van der Waals surface area contributed by atoms with E-state index in [-0.39, 0.29) is 36.0 Å². The van der Waals surface area contributed by atoms with Gasteiger partial charge in [0.05, 0.1) is 11.8 Å². The molecule has 4 rings (SSSR count). The van der Waals surface area contributed by atoms with Crippen molar-refractivity contribution in [2.24, 2.45) is 0 Å². The first-order valence-corrected chi connectivity index (χ1v) is 10.8. The lowest BCUT2D eigenvalue weighted by Crippen LogP contribution is -2.45. The zero-order chi connectivity index (χ0) is 24.9. The highest BCUT2D eigenvalue weighted by Crippen LogP contribution is 2.24. The molecule has 3 amide bonds. The van der Waals surface area contributed by atoms with Gasteiger partial charge >= 0.3 is 6.03 Å². The molecule has 3 aromatic rings. The average molecular weight is 474 g/mol. The predicted octanol–water partition coefficient (Wildman–Crippen LogP) is 3.22. The molecule has 0 unspecified atom stereocenters. The van der Waals surface area contributed by atoms with E-state index in [9.17, 15) is 18.8 Å². The number of methoxy groups -OCH3 is 1. The van der Waals surface area contributed by atoms with Crippen LogP contribution in [0.5, 0.6) is 0 Å². The van der Waals surface area contributed by atoms with Crippen molar-refractivity contribution in [1.29, 1.82) is 0 Å². The minimum Gasteiger partial charge on any atom is -0.380 e. The maximum absolute atomic E-state index is 14.7. The first kappa shape index (κ1) is 23.7.